The molecular formula is C8H16N2O. The van der Waals surface area contributed by atoms with Crippen LogP contribution < -0.4 is 0 Å². The molecule has 0 aromatic rings. The lowest BCUT2D eigenvalue weighted by molar-refractivity contribution is 0.234. The van der Waals surface area contributed by atoms with Crippen molar-refractivity contribution in [2.45, 2.75) is 25.7 Å². The monoisotopic (exact) mass is 156 g/mol. The fourth-order valence-electron chi connectivity index (χ4n) is 1.48. The van der Waals surface area contributed by atoms with E-state index in [4.69, 9.17) is 5.21 Å². The van der Waals surface area contributed by atoms with Gasteiger partial charge in [0, 0.05) is 12.8 Å². The maximum atomic E-state index is 8.15. The van der Waals surface area contributed by atoms with Crippen molar-refractivity contribution < 1.29 is 5.21 Å². The molecule has 1 fully saturated rings. The standard InChI is InChI=1S/C8H16N2O/c11-9-5-4-8-10-6-2-1-3-7-10/h5,11H,1-4,6-8H2/b9-5+. The van der Waals surface area contributed by atoms with Gasteiger partial charge in [0.05, 0.1) is 0 Å². The summed E-state index contributed by atoms with van der Waals surface area (Å²) in [6, 6.07) is 0. The summed E-state index contributed by atoms with van der Waals surface area (Å²) in [7, 11) is 0. The fourth-order valence-corrected chi connectivity index (χ4v) is 1.48. The van der Waals surface area contributed by atoms with Crippen molar-refractivity contribution in [3.05, 3.63) is 0 Å². The van der Waals surface area contributed by atoms with Crippen molar-refractivity contribution in [1.29, 1.82) is 0 Å². The Balaban J connectivity index is 2.04. The normalized spacial score (nSPS) is 21.1. The number of oxime groups is 1. The summed E-state index contributed by atoms with van der Waals surface area (Å²) in [6.07, 6.45) is 6.47. The molecule has 1 aliphatic rings. The summed E-state index contributed by atoms with van der Waals surface area (Å²) in [5.41, 5.74) is 0. The first-order valence-corrected chi connectivity index (χ1v) is 4.32. The summed E-state index contributed by atoms with van der Waals surface area (Å²) in [4.78, 5) is 2.42. The summed E-state index contributed by atoms with van der Waals surface area (Å²) in [5.74, 6) is 0. The average molecular weight is 156 g/mol. The fraction of sp³-hybridized carbons (Fsp3) is 0.875. The van der Waals surface area contributed by atoms with Crippen LogP contribution in [0.15, 0.2) is 5.16 Å². The molecule has 0 unspecified atom stereocenters. The van der Waals surface area contributed by atoms with Crippen molar-refractivity contribution in [2.24, 2.45) is 5.16 Å². The topological polar surface area (TPSA) is 35.8 Å². The minimum Gasteiger partial charge on any atom is -0.411 e. The molecule has 0 bridgehead atoms. The number of likely N-dealkylation sites (tertiary alicyclic amines) is 1. The first-order chi connectivity index (χ1) is 5.43. The van der Waals surface area contributed by atoms with E-state index in [-0.39, 0.29) is 0 Å². The predicted octanol–water partition coefficient (Wildman–Crippen LogP) is 1.32. The van der Waals surface area contributed by atoms with E-state index in [2.05, 4.69) is 10.1 Å². The van der Waals surface area contributed by atoms with Gasteiger partial charge in [0.25, 0.3) is 0 Å². The van der Waals surface area contributed by atoms with Gasteiger partial charge in [-0.15, -0.1) is 5.16 Å². The van der Waals surface area contributed by atoms with E-state index >= 15 is 0 Å². The first kappa shape index (κ1) is 8.53. The van der Waals surface area contributed by atoms with Crippen LogP contribution in [0.2, 0.25) is 0 Å². The number of hydrogen-bond donors (Lipinski definition) is 1. The molecule has 1 saturated heterocycles. The Bertz CT molecular complexity index is 119. The second-order valence-corrected chi connectivity index (χ2v) is 2.99. The van der Waals surface area contributed by atoms with E-state index < -0.39 is 0 Å². The SMILES string of the molecule is O/N=C/CCN1CCCCC1. The van der Waals surface area contributed by atoms with Gasteiger partial charge in [-0.25, -0.2) is 0 Å². The van der Waals surface area contributed by atoms with E-state index in [1.807, 2.05) is 0 Å². The molecule has 0 radical (unpaired) electrons. The van der Waals surface area contributed by atoms with Gasteiger partial charge >= 0.3 is 0 Å². The second-order valence-electron chi connectivity index (χ2n) is 2.99. The van der Waals surface area contributed by atoms with Gasteiger partial charge < -0.3 is 10.1 Å². The summed E-state index contributed by atoms with van der Waals surface area (Å²) in [5, 5.41) is 11.1. The Morgan fingerprint density at radius 1 is 1.27 bits per heavy atom. The molecular weight excluding hydrogens is 140 g/mol. The third-order valence-electron chi connectivity index (χ3n) is 2.10. The van der Waals surface area contributed by atoms with Crippen LogP contribution in [-0.4, -0.2) is 36.0 Å². The Hall–Kier alpha value is -0.570. The molecule has 3 heteroatoms. The molecule has 0 amide bonds. The van der Waals surface area contributed by atoms with Crippen LogP contribution in [-0.2, 0) is 0 Å². The van der Waals surface area contributed by atoms with Crippen LogP contribution in [0.3, 0.4) is 0 Å². The number of rotatable bonds is 3. The van der Waals surface area contributed by atoms with Crippen molar-refractivity contribution in [1.82, 2.24) is 4.90 Å². The molecule has 64 valence electrons. The lowest BCUT2D eigenvalue weighted by Crippen LogP contribution is -2.30. The molecule has 0 aliphatic carbocycles. The smallest absolute Gasteiger partial charge is 0.0448 e. The molecule has 0 saturated carbocycles. The van der Waals surface area contributed by atoms with Crippen LogP contribution in [0.4, 0.5) is 0 Å². The molecule has 1 N–H and O–H groups in total. The number of hydrogen-bond acceptors (Lipinski definition) is 3. The van der Waals surface area contributed by atoms with E-state index in [0.29, 0.717) is 0 Å². The van der Waals surface area contributed by atoms with E-state index in [0.717, 1.165) is 13.0 Å². The third kappa shape index (κ3) is 3.37. The van der Waals surface area contributed by atoms with Crippen LogP contribution >= 0.6 is 0 Å². The van der Waals surface area contributed by atoms with Crippen molar-refractivity contribution in [3.63, 3.8) is 0 Å². The van der Waals surface area contributed by atoms with Gasteiger partial charge in [-0.1, -0.05) is 6.42 Å². The van der Waals surface area contributed by atoms with Crippen molar-refractivity contribution in [2.75, 3.05) is 19.6 Å². The number of piperidine rings is 1. The summed E-state index contributed by atoms with van der Waals surface area (Å²) >= 11 is 0. The maximum Gasteiger partial charge on any atom is 0.0448 e. The highest BCUT2D eigenvalue weighted by molar-refractivity contribution is 5.56. The average Bonchev–Trinajstić information content (AvgIpc) is 2.07. The highest BCUT2D eigenvalue weighted by Crippen LogP contribution is 2.07. The van der Waals surface area contributed by atoms with E-state index in [9.17, 15) is 0 Å². The van der Waals surface area contributed by atoms with E-state index in [1.165, 1.54) is 32.4 Å². The molecule has 11 heavy (non-hydrogen) atoms. The highest BCUT2D eigenvalue weighted by atomic mass is 16.4. The van der Waals surface area contributed by atoms with Crippen LogP contribution in [0.1, 0.15) is 25.7 Å². The zero-order valence-electron chi connectivity index (χ0n) is 6.87. The van der Waals surface area contributed by atoms with Gasteiger partial charge in [-0.3, -0.25) is 0 Å². The Morgan fingerprint density at radius 3 is 2.64 bits per heavy atom. The Labute approximate surface area is 67.7 Å². The molecule has 1 heterocycles. The molecule has 0 aromatic carbocycles. The summed E-state index contributed by atoms with van der Waals surface area (Å²) in [6.45, 7) is 3.49. The summed E-state index contributed by atoms with van der Waals surface area (Å²) < 4.78 is 0. The second kappa shape index (κ2) is 5.13. The predicted molar refractivity (Wildman–Crippen MR) is 45.2 cm³/mol. The molecule has 0 spiro atoms. The van der Waals surface area contributed by atoms with Gasteiger partial charge in [-0.2, -0.15) is 0 Å². The lowest BCUT2D eigenvalue weighted by atomic mass is 10.1. The minimum absolute atomic E-state index is 0.872. The highest BCUT2D eigenvalue weighted by Gasteiger charge is 2.07. The molecule has 0 aromatic heterocycles. The lowest BCUT2D eigenvalue weighted by Gasteiger charge is -2.25. The van der Waals surface area contributed by atoms with Gasteiger partial charge in [-0.05, 0) is 32.4 Å². The van der Waals surface area contributed by atoms with Gasteiger partial charge in [0.15, 0.2) is 0 Å². The van der Waals surface area contributed by atoms with Gasteiger partial charge in [0.2, 0.25) is 0 Å². The Kier molecular flexibility index (Phi) is 3.98. The molecule has 3 nitrogen and oxygen atoms in total. The van der Waals surface area contributed by atoms with Crippen LogP contribution in [0.25, 0.3) is 0 Å². The van der Waals surface area contributed by atoms with Crippen molar-refractivity contribution >= 4 is 6.21 Å². The quantitative estimate of drug-likeness (QED) is 0.380. The zero-order chi connectivity index (χ0) is 7.94. The number of nitrogens with zero attached hydrogens (tertiary/aromatic N) is 2. The molecule has 1 aliphatic heterocycles. The largest absolute Gasteiger partial charge is 0.411 e. The van der Waals surface area contributed by atoms with Gasteiger partial charge in [0.1, 0.15) is 0 Å². The van der Waals surface area contributed by atoms with Crippen molar-refractivity contribution in [3.8, 4) is 0 Å². The minimum atomic E-state index is 0.872. The Morgan fingerprint density at radius 2 is 2.00 bits per heavy atom. The third-order valence-corrected chi connectivity index (χ3v) is 2.10. The van der Waals surface area contributed by atoms with E-state index in [1.54, 1.807) is 6.21 Å². The zero-order valence-corrected chi connectivity index (χ0v) is 6.87. The first-order valence-electron chi connectivity index (χ1n) is 4.32. The maximum absolute atomic E-state index is 8.15. The van der Waals surface area contributed by atoms with Crippen LogP contribution in [0, 0.1) is 0 Å². The molecule has 1 rings (SSSR count). The van der Waals surface area contributed by atoms with Crippen LogP contribution in [0.5, 0.6) is 0 Å². The molecule has 0 atom stereocenters.